The average molecular weight is 255 g/mol. The largest absolute Gasteiger partial charge is 0.377 e. The third-order valence-electron chi connectivity index (χ3n) is 4.20. The van der Waals surface area contributed by atoms with Gasteiger partial charge in [-0.05, 0) is 31.1 Å². The summed E-state index contributed by atoms with van der Waals surface area (Å²) in [5.74, 6) is 0. The van der Waals surface area contributed by atoms with Crippen LogP contribution in [0.1, 0.15) is 78.6 Å². The molecule has 108 valence electrons. The average Bonchev–Trinajstić information content (AvgIpc) is 2.29. The van der Waals surface area contributed by atoms with Gasteiger partial charge in [-0.1, -0.05) is 52.9 Å². The second-order valence-corrected chi connectivity index (χ2v) is 6.75. The van der Waals surface area contributed by atoms with E-state index in [1.165, 1.54) is 44.9 Å². The van der Waals surface area contributed by atoms with Crippen LogP contribution in [0.5, 0.6) is 0 Å². The van der Waals surface area contributed by atoms with E-state index >= 15 is 0 Å². The number of hydrogen-bond donors (Lipinski definition) is 1. The van der Waals surface area contributed by atoms with Gasteiger partial charge in [-0.15, -0.1) is 0 Å². The van der Waals surface area contributed by atoms with Crippen molar-refractivity contribution in [2.45, 2.75) is 90.7 Å². The second-order valence-electron chi connectivity index (χ2n) is 6.75. The van der Waals surface area contributed by atoms with Crippen LogP contribution in [0.3, 0.4) is 0 Å². The zero-order valence-electron chi connectivity index (χ0n) is 12.7. The molecule has 0 aliphatic heterocycles. The lowest BCUT2D eigenvalue weighted by Crippen LogP contribution is -2.44. The summed E-state index contributed by atoms with van der Waals surface area (Å²) in [4.78, 5) is 0. The Hall–Kier alpha value is -0.0800. The van der Waals surface area contributed by atoms with E-state index in [0.717, 1.165) is 19.4 Å². The normalized spacial score (nSPS) is 27.3. The van der Waals surface area contributed by atoms with Gasteiger partial charge in [-0.3, -0.25) is 0 Å². The summed E-state index contributed by atoms with van der Waals surface area (Å²) in [7, 11) is 0. The summed E-state index contributed by atoms with van der Waals surface area (Å²) in [6.45, 7) is 7.80. The van der Waals surface area contributed by atoms with E-state index in [-0.39, 0.29) is 6.04 Å². The van der Waals surface area contributed by atoms with Gasteiger partial charge in [-0.25, -0.2) is 0 Å². The summed E-state index contributed by atoms with van der Waals surface area (Å²) >= 11 is 0. The lowest BCUT2D eigenvalue weighted by Gasteiger charge is -2.38. The van der Waals surface area contributed by atoms with Crippen LogP contribution in [0.2, 0.25) is 0 Å². The highest BCUT2D eigenvalue weighted by molar-refractivity contribution is 4.87. The van der Waals surface area contributed by atoms with E-state index in [0.29, 0.717) is 11.5 Å². The van der Waals surface area contributed by atoms with Crippen molar-refractivity contribution in [2.24, 2.45) is 11.1 Å². The quantitative estimate of drug-likeness (QED) is 0.657. The maximum Gasteiger partial charge on any atom is 0.0726 e. The topological polar surface area (TPSA) is 35.2 Å². The van der Waals surface area contributed by atoms with Gasteiger partial charge in [0.1, 0.15) is 0 Å². The molecule has 1 saturated carbocycles. The van der Waals surface area contributed by atoms with Crippen LogP contribution >= 0.6 is 0 Å². The molecular weight excluding hydrogens is 222 g/mol. The predicted octanol–water partition coefficient (Wildman–Crippen LogP) is 4.27. The third-order valence-corrected chi connectivity index (χ3v) is 4.20. The fourth-order valence-electron chi connectivity index (χ4n) is 2.94. The van der Waals surface area contributed by atoms with Gasteiger partial charge < -0.3 is 10.5 Å². The van der Waals surface area contributed by atoms with Crippen molar-refractivity contribution < 1.29 is 4.74 Å². The lowest BCUT2D eigenvalue weighted by atomic mass is 9.74. The van der Waals surface area contributed by atoms with Crippen molar-refractivity contribution in [3.05, 3.63) is 0 Å². The third kappa shape index (κ3) is 6.19. The number of rotatable bonds is 8. The van der Waals surface area contributed by atoms with Crippen molar-refractivity contribution in [1.82, 2.24) is 0 Å². The summed E-state index contributed by atoms with van der Waals surface area (Å²) in [5, 5.41) is 0. The van der Waals surface area contributed by atoms with E-state index in [4.69, 9.17) is 10.5 Å². The van der Waals surface area contributed by atoms with Gasteiger partial charge in [0.05, 0.1) is 6.10 Å². The van der Waals surface area contributed by atoms with Gasteiger partial charge in [0.2, 0.25) is 0 Å². The molecule has 0 aromatic heterocycles. The van der Waals surface area contributed by atoms with Gasteiger partial charge in [0, 0.05) is 12.6 Å². The van der Waals surface area contributed by atoms with E-state index in [2.05, 4.69) is 20.8 Å². The molecule has 1 aliphatic rings. The number of ether oxygens (including phenoxy) is 1. The minimum atomic E-state index is 0.244. The zero-order valence-corrected chi connectivity index (χ0v) is 12.7. The first kappa shape index (κ1) is 16.0. The standard InChI is InChI=1S/C16H33NO/c1-4-5-6-7-8-9-12-18-15-10-11-16(2,3)13-14(15)17/h14-15H,4-13,17H2,1-3H3/t14-,15-/m1/s1. The fourth-order valence-corrected chi connectivity index (χ4v) is 2.94. The molecule has 0 radical (unpaired) electrons. The highest BCUT2D eigenvalue weighted by Crippen LogP contribution is 2.35. The Labute approximate surface area is 114 Å². The minimum Gasteiger partial charge on any atom is -0.377 e. The van der Waals surface area contributed by atoms with Crippen molar-refractivity contribution in [3.63, 3.8) is 0 Å². The molecule has 0 aromatic rings. The van der Waals surface area contributed by atoms with Crippen LogP contribution in [0.25, 0.3) is 0 Å². The van der Waals surface area contributed by atoms with Crippen LogP contribution in [0.15, 0.2) is 0 Å². The minimum absolute atomic E-state index is 0.244. The molecule has 2 atom stereocenters. The first-order valence-electron chi connectivity index (χ1n) is 7.92. The highest BCUT2D eigenvalue weighted by Gasteiger charge is 2.33. The second kappa shape index (κ2) is 8.16. The number of hydrogen-bond acceptors (Lipinski definition) is 2. The van der Waals surface area contributed by atoms with Gasteiger partial charge in [-0.2, -0.15) is 0 Å². The Morgan fingerprint density at radius 2 is 1.78 bits per heavy atom. The molecule has 0 heterocycles. The molecule has 2 nitrogen and oxygen atoms in total. The number of unbranched alkanes of at least 4 members (excludes halogenated alkanes) is 5. The Morgan fingerprint density at radius 3 is 2.44 bits per heavy atom. The molecule has 0 unspecified atom stereocenters. The summed E-state index contributed by atoms with van der Waals surface area (Å²) in [6.07, 6.45) is 11.8. The molecule has 0 amide bonds. The van der Waals surface area contributed by atoms with Gasteiger partial charge >= 0.3 is 0 Å². The molecule has 0 aromatic carbocycles. The van der Waals surface area contributed by atoms with Crippen LogP contribution < -0.4 is 5.73 Å². The molecule has 2 N–H and O–H groups in total. The molecule has 2 heteroatoms. The Kier molecular flexibility index (Phi) is 7.25. The first-order chi connectivity index (χ1) is 8.55. The zero-order chi connectivity index (χ0) is 13.4. The first-order valence-corrected chi connectivity index (χ1v) is 7.92. The summed E-state index contributed by atoms with van der Waals surface area (Å²) < 4.78 is 5.97. The molecule has 0 bridgehead atoms. The SMILES string of the molecule is CCCCCCCCO[C@@H]1CCC(C)(C)C[C@H]1N. The molecular formula is C16H33NO. The lowest BCUT2D eigenvalue weighted by molar-refractivity contribution is -0.0115. The summed E-state index contributed by atoms with van der Waals surface area (Å²) in [6, 6.07) is 0.244. The molecule has 0 spiro atoms. The highest BCUT2D eigenvalue weighted by atomic mass is 16.5. The Bertz CT molecular complexity index is 215. The Balaban J connectivity index is 2.02. The van der Waals surface area contributed by atoms with Crippen molar-refractivity contribution >= 4 is 0 Å². The smallest absolute Gasteiger partial charge is 0.0726 e. The molecule has 0 saturated heterocycles. The van der Waals surface area contributed by atoms with E-state index in [1.807, 2.05) is 0 Å². The summed E-state index contributed by atoms with van der Waals surface area (Å²) in [5.41, 5.74) is 6.63. The van der Waals surface area contributed by atoms with Crippen molar-refractivity contribution in [3.8, 4) is 0 Å². The van der Waals surface area contributed by atoms with Crippen LogP contribution in [0, 0.1) is 5.41 Å². The molecule has 1 aliphatic carbocycles. The van der Waals surface area contributed by atoms with Gasteiger partial charge in [0.25, 0.3) is 0 Å². The van der Waals surface area contributed by atoms with Crippen LogP contribution in [0.4, 0.5) is 0 Å². The van der Waals surface area contributed by atoms with Crippen molar-refractivity contribution in [2.75, 3.05) is 6.61 Å². The van der Waals surface area contributed by atoms with Crippen LogP contribution in [-0.4, -0.2) is 18.8 Å². The fraction of sp³-hybridized carbons (Fsp3) is 1.00. The van der Waals surface area contributed by atoms with E-state index < -0.39 is 0 Å². The molecule has 1 fully saturated rings. The molecule has 1 rings (SSSR count). The number of nitrogens with two attached hydrogens (primary N) is 1. The predicted molar refractivity (Wildman–Crippen MR) is 78.7 cm³/mol. The van der Waals surface area contributed by atoms with E-state index in [9.17, 15) is 0 Å². The monoisotopic (exact) mass is 255 g/mol. The Morgan fingerprint density at radius 1 is 1.11 bits per heavy atom. The van der Waals surface area contributed by atoms with E-state index in [1.54, 1.807) is 0 Å². The molecule has 18 heavy (non-hydrogen) atoms. The van der Waals surface area contributed by atoms with Gasteiger partial charge in [0.15, 0.2) is 0 Å². The maximum absolute atomic E-state index is 6.21. The van der Waals surface area contributed by atoms with Crippen LogP contribution in [-0.2, 0) is 4.74 Å². The maximum atomic E-state index is 6.21. The van der Waals surface area contributed by atoms with Crippen molar-refractivity contribution in [1.29, 1.82) is 0 Å².